The molecular weight excluding hydrogens is 470 g/mol. The van der Waals surface area contributed by atoms with Crippen LogP contribution in [0, 0.1) is 17.2 Å². The summed E-state index contributed by atoms with van der Waals surface area (Å²) in [6.45, 7) is 2.88. The molecule has 3 amide bonds. The lowest BCUT2D eigenvalue weighted by Gasteiger charge is -2.41. The molecule has 2 aliphatic carbocycles. The predicted molar refractivity (Wildman–Crippen MR) is 135 cm³/mol. The first-order valence-electron chi connectivity index (χ1n) is 12.9. The van der Waals surface area contributed by atoms with Crippen LogP contribution in [0.5, 0.6) is 0 Å². The van der Waals surface area contributed by atoms with E-state index in [9.17, 15) is 9.59 Å². The van der Waals surface area contributed by atoms with Crippen molar-refractivity contribution in [1.82, 2.24) is 15.1 Å². The van der Waals surface area contributed by atoms with Gasteiger partial charge in [0.05, 0.1) is 18.2 Å². The average molecular weight is 502 g/mol. The van der Waals surface area contributed by atoms with Crippen molar-refractivity contribution in [2.45, 2.75) is 63.4 Å². The Hall–Kier alpha value is -3.45. The monoisotopic (exact) mass is 501 g/mol. The highest BCUT2D eigenvalue weighted by atomic mass is 16.8. The summed E-state index contributed by atoms with van der Waals surface area (Å²) in [5.74, 6) is 0.597. The zero-order valence-corrected chi connectivity index (χ0v) is 21.1. The summed E-state index contributed by atoms with van der Waals surface area (Å²) in [6, 6.07) is 15.4. The molecule has 7 rings (SSSR count). The minimum atomic E-state index is -0.591. The zero-order chi connectivity index (χ0) is 25.7. The maximum absolute atomic E-state index is 13.7. The van der Waals surface area contributed by atoms with Crippen molar-refractivity contribution in [3.05, 3.63) is 64.7 Å². The molecule has 0 radical (unpaired) electrons. The van der Waals surface area contributed by atoms with Gasteiger partial charge in [0.15, 0.2) is 6.23 Å². The Morgan fingerprint density at radius 1 is 1.24 bits per heavy atom. The van der Waals surface area contributed by atoms with Crippen molar-refractivity contribution in [2.75, 3.05) is 18.9 Å². The smallest absolute Gasteiger partial charge is 0.318 e. The van der Waals surface area contributed by atoms with Gasteiger partial charge in [0.2, 0.25) is 12.3 Å². The number of fused-ring (bicyclic) bond motifs is 1. The summed E-state index contributed by atoms with van der Waals surface area (Å²) in [7, 11) is 1.58. The van der Waals surface area contributed by atoms with Gasteiger partial charge in [0.1, 0.15) is 5.60 Å². The molecule has 3 saturated heterocycles. The number of nitriles is 1. The quantitative estimate of drug-likeness (QED) is 0.603. The summed E-state index contributed by atoms with van der Waals surface area (Å²) >= 11 is 0. The molecule has 4 fully saturated rings. The highest BCUT2D eigenvalue weighted by Crippen LogP contribution is 2.56. The van der Waals surface area contributed by atoms with E-state index in [1.807, 2.05) is 40.1 Å². The fraction of sp³-hybridized carbons (Fsp3) is 0.464. The van der Waals surface area contributed by atoms with E-state index < -0.39 is 12.0 Å². The summed E-state index contributed by atoms with van der Waals surface area (Å²) in [6.07, 6.45) is 3.04. The first kappa shape index (κ1) is 23.9. The van der Waals surface area contributed by atoms with Gasteiger partial charge in [-0.05, 0) is 79.5 Å². The van der Waals surface area contributed by atoms with Crippen molar-refractivity contribution in [2.24, 2.45) is 5.92 Å². The van der Waals surface area contributed by atoms with Crippen molar-refractivity contribution in [1.29, 1.82) is 5.26 Å². The molecular formula is C28H31N5O4. The van der Waals surface area contributed by atoms with Crippen LogP contribution in [0.1, 0.15) is 48.4 Å². The van der Waals surface area contributed by atoms with Gasteiger partial charge in [-0.25, -0.2) is 9.69 Å². The Morgan fingerprint density at radius 2 is 2.03 bits per heavy atom. The number of carbonyl (C=O) groups is 2. The molecule has 2 bridgehead atoms. The molecule has 2 unspecified atom stereocenters. The SMILES string of the molecule is CNC(=O)Nc1ccc2c(c1)CC[C@@]21OC2OC1N2CC(=O)N(Cc1ccc(C#N)cc1)[C@@H](C)C1CC1. The topological polar surface area (TPSA) is 107 Å². The van der Waals surface area contributed by atoms with Crippen LogP contribution in [-0.4, -0.2) is 54.0 Å². The molecule has 192 valence electrons. The number of amides is 3. The van der Waals surface area contributed by atoms with E-state index in [1.54, 1.807) is 19.2 Å². The Morgan fingerprint density at radius 3 is 2.73 bits per heavy atom. The highest BCUT2D eigenvalue weighted by molar-refractivity contribution is 5.89. The van der Waals surface area contributed by atoms with Crippen LogP contribution in [0.2, 0.25) is 0 Å². The molecule has 5 aliphatic rings. The number of carbonyl (C=O) groups excluding carboxylic acids is 2. The molecule has 2 aromatic carbocycles. The van der Waals surface area contributed by atoms with E-state index in [1.165, 1.54) is 0 Å². The maximum Gasteiger partial charge on any atom is 0.318 e. The number of nitrogens with one attached hydrogen (secondary N) is 2. The molecule has 9 nitrogen and oxygen atoms in total. The van der Waals surface area contributed by atoms with Crippen LogP contribution in [0.25, 0.3) is 0 Å². The molecule has 3 aliphatic heterocycles. The zero-order valence-electron chi connectivity index (χ0n) is 21.1. The Bertz CT molecular complexity index is 1270. The van der Waals surface area contributed by atoms with Crippen LogP contribution in [0.4, 0.5) is 10.5 Å². The summed E-state index contributed by atoms with van der Waals surface area (Å²) in [5, 5.41) is 14.5. The number of ether oxygens (including phenoxy) is 2. The minimum absolute atomic E-state index is 0.0612. The van der Waals surface area contributed by atoms with E-state index in [2.05, 4.69) is 23.6 Å². The van der Waals surface area contributed by atoms with Gasteiger partial charge in [-0.3, -0.25) is 4.79 Å². The number of aryl methyl sites for hydroxylation is 1. The second-order valence-electron chi connectivity index (χ2n) is 10.5. The number of hydrogen-bond acceptors (Lipinski definition) is 6. The highest BCUT2D eigenvalue weighted by Gasteiger charge is 2.66. The number of rotatable bonds is 7. The Balaban J connectivity index is 1.17. The standard InChI is InChI=1S/C28H31N5O4/c1-17(20-7-8-20)32(15-19-5-3-18(14-29)4-6-19)24(34)16-33-25-28(37-27(33)36-25)12-11-21-13-22(9-10-23(21)28)31-26(35)30-2/h3-6,9-10,13,17,20,25,27H,7-8,11-12,15-16H2,1-2H3,(H2,30,31,35)/t17-,25?,27?,28+/m0/s1. The number of nitrogens with zero attached hydrogens (tertiary/aromatic N) is 3. The van der Waals surface area contributed by atoms with Crippen LogP contribution < -0.4 is 10.6 Å². The molecule has 3 heterocycles. The molecule has 9 heteroatoms. The Labute approximate surface area is 216 Å². The van der Waals surface area contributed by atoms with Crippen LogP contribution in [-0.2, 0) is 32.8 Å². The maximum atomic E-state index is 13.7. The van der Waals surface area contributed by atoms with Gasteiger partial charge < -0.3 is 25.0 Å². The minimum Gasteiger partial charge on any atom is -0.341 e. The third-order valence-electron chi connectivity index (χ3n) is 8.21. The fourth-order valence-electron chi connectivity index (χ4n) is 5.92. The summed E-state index contributed by atoms with van der Waals surface area (Å²) in [5.41, 5.74) is 3.97. The van der Waals surface area contributed by atoms with Gasteiger partial charge in [-0.1, -0.05) is 18.2 Å². The normalized spacial score (nSPS) is 26.2. The van der Waals surface area contributed by atoms with Crippen LogP contribution in [0.3, 0.4) is 0 Å². The molecule has 4 atom stereocenters. The average Bonchev–Trinajstić information content (AvgIpc) is 3.52. The molecule has 2 aromatic rings. The van der Waals surface area contributed by atoms with E-state index in [0.717, 1.165) is 48.1 Å². The van der Waals surface area contributed by atoms with E-state index in [4.69, 9.17) is 14.7 Å². The van der Waals surface area contributed by atoms with Gasteiger partial charge in [0.25, 0.3) is 0 Å². The second kappa shape index (κ2) is 9.14. The van der Waals surface area contributed by atoms with Gasteiger partial charge >= 0.3 is 6.03 Å². The molecule has 1 saturated carbocycles. The van der Waals surface area contributed by atoms with E-state index in [0.29, 0.717) is 18.0 Å². The summed E-state index contributed by atoms with van der Waals surface area (Å²) in [4.78, 5) is 29.4. The van der Waals surface area contributed by atoms with E-state index in [-0.39, 0.29) is 30.8 Å². The van der Waals surface area contributed by atoms with Gasteiger partial charge in [-0.2, -0.15) is 5.26 Å². The van der Waals surface area contributed by atoms with Crippen LogP contribution in [0.15, 0.2) is 42.5 Å². The van der Waals surface area contributed by atoms with Crippen molar-refractivity contribution in [3.8, 4) is 6.07 Å². The van der Waals surface area contributed by atoms with Gasteiger partial charge in [0, 0.05) is 25.3 Å². The first-order valence-corrected chi connectivity index (χ1v) is 12.9. The predicted octanol–water partition coefficient (Wildman–Crippen LogP) is 3.25. The third kappa shape index (κ3) is 4.15. The molecule has 0 aromatic heterocycles. The fourth-order valence-corrected chi connectivity index (χ4v) is 5.92. The molecule has 1 spiro atoms. The third-order valence-corrected chi connectivity index (χ3v) is 8.21. The van der Waals surface area contributed by atoms with Crippen molar-refractivity contribution < 1.29 is 19.1 Å². The molecule has 37 heavy (non-hydrogen) atoms. The van der Waals surface area contributed by atoms with Crippen molar-refractivity contribution in [3.63, 3.8) is 0 Å². The lowest BCUT2D eigenvalue weighted by atomic mass is 9.93. The summed E-state index contributed by atoms with van der Waals surface area (Å²) < 4.78 is 12.4. The molecule has 2 N–H and O–H groups in total. The number of benzene rings is 2. The lowest BCUT2D eigenvalue weighted by molar-refractivity contribution is -0.285. The number of hydrogen-bond donors (Lipinski definition) is 2. The lowest BCUT2D eigenvalue weighted by Crippen LogP contribution is -2.59. The Kier molecular flexibility index (Phi) is 5.91. The largest absolute Gasteiger partial charge is 0.341 e. The number of anilines is 1. The van der Waals surface area contributed by atoms with Crippen LogP contribution >= 0.6 is 0 Å². The van der Waals surface area contributed by atoms with Gasteiger partial charge in [-0.15, -0.1) is 0 Å². The van der Waals surface area contributed by atoms with Crippen molar-refractivity contribution >= 4 is 17.6 Å². The van der Waals surface area contributed by atoms with E-state index >= 15 is 0 Å². The number of urea groups is 1. The second-order valence-corrected chi connectivity index (χ2v) is 10.5. The first-order chi connectivity index (χ1) is 17.9.